The lowest BCUT2D eigenvalue weighted by Crippen LogP contribution is -2.35. The van der Waals surface area contributed by atoms with Crippen LogP contribution in [0.15, 0.2) is 48.8 Å². The fraction of sp³-hybridized carbons (Fsp3) is 0.355. The highest BCUT2D eigenvalue weighted by atomic mass is 35.5. The molecule has 0 saturated heterocycles. The summed E-state index contributed by atoms with van der Waals surface area (Å²) in [6, 6.07) is 12.4. The molecule has 0 unspecified atom stereocenters. The van der Waals surface area contributed by atoms with Gasteiger partial charge in [0.05, 0.1) is 12.6 Å². The summed E-state index contributed by atoms with van der Waals surface area (Å²) >= 11 is 6.65. The maximum Gasteiger partial charge on any atom is 0.260 e. The van der Waals surface area contributed by atoms with Gasteiger partial charge in [-0.05, 0) is 90.8 Å². The van der Waals surface area contributed by atoms with Crippen LogP contribution in [-0.4, -0.2) is 42.9 Å². The number of carbonyl (C=O) groups excluding carboxylic acids is 1. The van der Waals surface area contributed by atoms with Gasteiger partial charge in [-0.3, -0.25) is 9.69 Å². The number of nitrogens with zero attached hydrogens (tertiary/aromatic N) is 5. The number of aliphatic hydroxyl groups is 1. The number of nitrogens with one attached hydrogen (secondary N) is 1. The van der Waals surface area contributed by atoms with Gasteiger partial charge >= 0.3 is 0 Å². The van der Waals surface area contributed by atoms with Gasteiger partial charge in [-0.2, -0.15) is 0 Å². The Balaban J connectivity index is 1.23. The van der Waals surface area contributed by atoms with Gasteiger partial charge in [-0.25, -0.2) is 9.37 Å². The van der Waals surface area contributed by atoms with Gasteiger partial charge in [0.2, 0.25) is 0 Å². The quantitative estimate of drug-likeness (QED) is 0.309. The van der Waals surface area contributed by atoms with E-state index in [0.717, 1.165) is 60.1 Å². The van der Waals surface area contributed by atoms with Crippen molar-refractivity contribution < 1.29 is 14.3 Å². The highest BCUT2D eigenvalue weighted by molar-refractivity contribution is 6.31. The number of amides is 1. The normalized spacial score (nSPS) is 20.2. The number of hydrogen-bond acceptors (Lipinski definition) is 6. The van der Waals surface area contributed by atoms with Crippen LogP contribution in [0.25, 0.3) is 22.5 Å². The van der Waals surface area contributed by atoms with Crippen molar-refractivity contribution in [2.45, 2.75) is 63.3 Å². The number of aliphatic hydroxyl groups excluding tert-OH is 1. The van der Waals surface area contributed by atoms with Crippen LogP contribution < -0.4 is 10.2 Å². The van der Waals surface area contributed by atoms with Crippen LogP contribution in [0.5, 0.6) is 0 Å². The van der Waals surface area contributed by atoms with Gasteiger partial charge in [0, 0.05) is 47.4 Å². The number of fused-ring (bicyclic) bond motifs is 1. The van der Waals surface area contributed by atoms with Crippen molar-refractivity contribution in [2.24, 2.45) is 7.05 Å². The molecule has 1 amide bonds. The van der Waals surface area contributed by atoms with Crippen LogP contribution in [0.4, 0.5) is 10.2 Å². The number of carbonyl (C=O) groups is 1. The van der Waals surface area contributed by atoms with E-state index in [-0.39, 0.29) is 23.9 Å². The lowest BCUT2D eigenvalue weighted by atomic mass is 9.98. The van der Waals surface area contributed by atoms with Crippen LogP contribution >= 0.6 is 11.6 Å². The molecule has 0 radical (unpaired) electrons. The standard InChI is InChI=1S/C31H30ClFN6O2/c1-38-16-35-37-30(38)24-13-21(33)7-8-22(24)18-11-27(17-5-6-17)36-29(12-18)39-15-20-10-25(32)19(9-23(20)31(39)41)14-34-26-3-2-4-28(26)40/h7-13,16-17,26,28,34,40H,2-6,14-15H2,1H3/t26-,28+/m1/s1. The monoisotopic (exact) mass is 572 g/mol. The Labute approximate surface area is 242 Å². The first kappa shape index (κ1) is 26.3. The molecule has 4 aromatic rings. The highest BCUT2D eigenvalue weighted by Crippen LogP contribution is 2.43. The number of rotatable bonds is 7. The summed E-state index contributed by atoms with van der Waals surface area (Å²) in [5.41, 5.74) is 5.48. The zero-order chi connectivity index (χ0) is 28.2. The van der Waals surface area contributed by atoms with E-state index in [4.69, 9.17) is 16.6 Å². The van der Waals surface area contributed by atoms with Crippen LogP contribution in [0, 0.1) is 5.82 Å². The first-order valence-corrected chi connectivity index (χ1v) is 14.4. The molecule has 2 aromatic heterocycles. The third-order valence-corrected chi connectivity index (χ3v) is 8.81. The van der Waals surface area contributed by atoms with E-state index in [1.807, 2.05) is 31.3 Å². The van der Waals surface area contributed by atoms with Gasteiger partial charge in [-0.15, -0.1) is 10.2 Å². The SMILES string of the molecule is Cn1cnnc1-c1cc(F)ccc1-c1cc(C2CC2)nc(N2Cc3cc(Cl)c(CN[C@@H]4CCC[C@@H]4O)cc3C2=O)c1. The van der Waals surface area contributed by atoms with E-state index in [1.165, 1.54) is 12.1 Å². The number of halogens is 2. The minimum absolute atomic E-state index is 0.0391. The first-order chi connectivity index (χ1) is 19.9. The molecule has 2 aromatic carbocycles. The molecule has 7 rings (SSSR count). The molecular formula is C31H30ClFN6O2. The maximum absolute atomic E-state index is 14.4. The molecule has 2 fully saturated rings. The average Bonchev–Trinajstić information content (AvgIpc) is 3.49. The van der Waals surface area contributed by atoms with E-state index in [0.29, 0.717) is 46.8 Å². The summed E-state index contributed by atoms with van der Waals surface area (Å²) in [5.74, 6) is 0.960. The molecule has 0 bridgehead atoms. The van der Waals surface area contributed by atoms with Crippen molar-refractivity contribution in [1.29, 1.82) is 0 Å². The second-order valence-electron chi connectivity index (χ2n) is 11.3. The molecular weight excluding hydrogens is 543 g/mol. The molecule has 2 N–H and O–H groups in total. The number of benzene rings is 2. The van der Waals surface area contributed by atoms with Gasteiger partial charge in [0.15, 0.2) is 5.82 Å². The lowest BCUT2D eigenvalue weighted by Gasteiger charge is -2.18. The molecule has 210 valence electrons. The number of pyridine rings is 1. The lowest BCUT2D eigenvalue weighted by molar-refractivity contribution is 0.0995. The zero-order valence-electron chi connectivity index (χ0n) is 22.6. The predicted molar refractivity (Wildman–Crippen MR) is 154 cm³/mol. The summed E-state index contributed by atoms with van der Waals surface area (Å²) in [6.45, 7) is 0.846. The first-order valence-electron chi connectivity index (χ1n) is 14.1. The van der Waals surface area contributed by atoms with Crippen LogP contribution in [0.2, 0.25) is 5.02 Å². The summed E-state index contributed by atoms with van der Waals surface area (Å²) in [4.78, 5) is 20.4. The van der Waals surface area contributed by atoms with Gasteiger partial charge in [0.1, 0.15) is 18.0 Å². The Kier molecular flexibility index (Phi) is 6.60. The minimum atomic E-state index is -0.363. The van der Waals surface area contributed by atoms with Gasteiger partial charge in [-0.1, -0.05) is 17.7 Å². The number of aryl methyl sites for hydroxylation is 1. The number of anilines is 1. The molecule has 3 aliphatic rings. The Morgan fingerprint density at radius 3 is 2.66 bits per heavy atom. The summed E-state index contributed by atoms with van der Waals surface area (Å²) in [7, 11) is 1.82. The van der Waals surface area contributed by atoms with Gasteiger partial charge in [0.25, 0.3) is 5.91 Å². The van der Waals surface area contributed by atoms with E-state index in [2.05, 4.69) is 15.5 Å². The molecule has 2 atom stereocenters. The van der Waals surface area contributed by atoms with E-state index < -0.39 is 0 Å². The average molecular weight is 573 g/mol. The van der Waals surface area contributed by atoms with Crippen LogP contribution in [0.1, 0.15) is 65.2 Å². The predicted octanol–water partition coefficient (Wildman–Crippen LogP) is 5.38. The van der Waals surface area contributed by atoms with Crippen LogP contribution in [-0.2, 0) is 20.1 Å². The van der Waals surface area contributed by atoms with E-state index in [9.17, 15) is 14.3 Å². The fourth-order valence-corrected chi connectivity index (χ4v) is 6.27. The smallest absolute Gasteiger partial charge is 0.260 e. The number of aromatic nitrogens is 4. The Hall–Kier alpha value is -3.66. The van der Waals surface area contributed by atoms with E-state index >= 15 is 0 Å². The molecule has 2 saturated carbocycles. The highest BCUT2D eigenvalue weighted by Gasteiger charge is 2.33. The largest absolute Gasteiger partial charge is 0.392 e. The summed E-state index contributed by atoms with van der Waals surface area (Å²) in [6.07, 6.45) is 6.05. The number of hydrogen-bond donors (Lipinski definition) is 2. The molecule has 10 heteroatoms. The van der Waals surface area contributed by atoms with Crippen molar-refractivity contribution in [2.75, 3.05) is 4.90 Å². The Morgan fingerprint density at radius 2 is 1.93 bits per heavy atom. The van der Waals surface area contributed by atoms with E-state index in [1.54, 1.807) is 21.9 Å². The summed E-state index contributed by atoms with van der Waals surface area (Å²) < 4.78 is 16.2. The molecule has 3 heterocycles. The molecule has 41 heavy (non-hydrogen) atoms. The van der Waals surface area contributed by atoms with Crippen molar-refractivity contribution in [1.82, 2.24) is 25.1 Å². The third-order valence-electron chi connectivity index (χ3n) is 8.46. The second kappa shape index (κ2) is 10.3. The van der Waals surface area contributed by atoms with Crippen molar-refractivity contribution in [3.63, 3.8) is 0 Å². The minimum Gasteiger partial charge on any atom is -0.392 e. The summed E-state index contributed by atoms with van der Waals surface area (Å²) in [5, 5.41) is 22.4. The fourth-order valence-electron chi connectivity index (χ4n) is 6.02. The topological polar surface area (TPSA) is 96.2 Å². The second-order valence-corrected chi connectivity index (χ2v) is 11.8. The maximum atomic E-state index is 14.4. The molecule has 0 spiro atoms. The molecule has 1 aliphatic heterocycles. The third kappa shape index (κ3) is 4.92. The Bertz CT molecular complexity index is 1670. The van der Waals surface area contributed by atoms with Crippen molar-refractivity contribution >= 4 is 23.3 Å². The van der Waals surface area contributed by atoms with Crippen LogP contribution in [0.3, 0.4) is 0 Å². The van der Waals surface area contributed by atoms with Crippen molar-refractivity contribution in [3.8, 4) is 22.5 Å². The molecule has 8 nitrogen and oxygen atoms in total. The zero-order valence-corrected chi connectivity index (χ0v) is 23.4. The van der Waals surface area contributed by atoms with Gasteiger partial charge < -0.3 is 15.0 Å². The van der Waals surface area contributed by atoms with Crippen molar-refractivity contribution in [3.05, 3.63) is 82.0 Å². The Morgan fingerprint density at radius 1 is 1.07 bits per heavy atom. The molecule has 2 aliphatic carbocycles.